The van der Waals surface area contributed by atoms with Gasteiger partial charge in [-0.1, -0.05) is 13.8 Å². The maximum absolute atomic E-state index is 5.60. The van der Waals surface area contributed by atoms with E-state index in [0.29, 0.717) is 6.61 Å². The molecule has 0 aromatic carbocycles. The van der Waals surface area contributed by atoms with Crippen LogP contribution in [0.15, 0.2) is 27.8 Å². The molecule has 134 valence electrons. The van der Waals surface area contributed by atoms with Crippen LogP contribution >= 0.6 is 24.0 Å². The molecule has 0 aliphatic heterocycles. The molecule has 0 bridgehead atoms. The van der Waals surface area contributed by atoms with Crippen molar-refractivity contribution in [3.05, 3.63) is 24.2 Å². The Kier molecular flexibility index (Phi) is 13.1. The number of furan rings is 1. The highest BCUT2D eigenvalue weighted by Gasteiger charge is 2.20. The molecule has 2 N–H and O–H groups in total. The second kappa shape index (κ2) is 13.6. The van der Waals surface area contributed by atoms with Gasteiger partial charge in [0.15, 0.2) is 5.96 Å². The molecule has 6 nitrogen and oxygen atoms in total. The van der Waals surface area contributed by atoms with Crippen LogP contribution in [0.1, 0.15) is 32.6 Å². The summed E-state index contributed by atoms with van der Waals surface area (Å²) in [5.41, 5.74) is 0. The van der Waals surface area contributed by atoms with Crippen molar-refractivity contribution in [3.63, 3.8) is 0 Å². The lowest BCUT2D eigenvalue weighted by Crippen LogP contribution is -2.44. The number of hydrogen-bond acceptors (Lipinski definition) is 4. The fourth-order valence-electron chi connectivity index (χ4n) is 2.35. The van der Waals surface area contributed by atoms with Crippen LogP contribution in [0.2, 0.25) is 0 Å². The number of nitrogens with one attached hydrogen (secondary N) is 2. The summed E-state index contributed by atoms with van der Waals surface area (Å²) in [5, 5.41) is 6.61. The lowest BCUT2D eigenvalue weighted by Gasteiger charge is -2.28. The van der Waals surface area contributed by atoms with Gasteiger partial charge in [-0.2, -0.15) is 0 Å². The first-order valence-corrected chi connectivity index (χ1v) is 8.06. The second-order valence-corrected chi connectivity index (χ2v) is 4.83. The maximum Gasteiger partial charge on any atom is 0.191 e. The van der Waals surface area contributed by atoms with E-state index in [1.54, 1.807) is 13.3 Å². The number of guanidine groups is 1. The SMILES string of the molecule is CCOCCNC(=NC)NCC(c1ccco1)N(CC)CC.I. The second-order valence-electron chi connectivity index (χ2n) is 4.83. The fraction of sp³-hybridized carbons (Fsp3) is 0.688. The normalized spacial score (nSPS) is 12.8. The molecular formula is C16H31IN4O2. The molecule has 23 heavy (non-hydrogen) atoms. The summed E-state index contributed by atoms with van der Waals surface area (Å²) in [6, 6.07) is 4.15. The minimum atomic E-state index is 0. The molecule has 0 fully saturated rings. The number of hydrogen-bond donors (Lipinski definition) is 2. The van der Waals surface area contributed by atoms with E-state index in [2.05, 4.69) is 34.4 Å². The third-order valence-electron chi connectivity index (χ3n) is 3.55. The van der Waals surface area contributed by atoms with Crippen LogP contribution in [0.5, 0.6) is 0 Å². The van der Waals surface area contributed by atoms with Crippen molar-refractivity contribution in [3.8, 4) is 0 Å². The number of ether oxygens (including phenoxy) is 1. The van der Waals surface area contributed by atoms with Crippen molar-refractivity contribution in [1.82, 2.24) is 15.5 Å². The van der Waals surface area contributed by atoms with Crippen LogP contribution in [0, 0.1) is 0 Å². The Labute approximate surface area is 157 Å². The minimum absolute atomic E-state index is 0. The van der Waals surface area contributed by atoms with Gasteiger partial charge in [-0.25, -0.2) is 0 Å². The van der Waals surface area contributed by atoms with Gasteiger partial charge >= 0.3 is 0 Å². The van der Waals surface area contributed by atoms with Crippen LogP contribution in [0.3, 0.4) is 0 Å². The molecule has 0 amide bonds. The van der Waals surface area contributed by atoms with Gasteiger partial charge in [0.05, 0.1) is 18.9 Å². The Morgan fingerprint density at radius 3 is 2.57 bits per heavy atom. The van der Waals surface area contributed by atoms with Gasteiger partial charge in [0.25, 0.3) is 0 Å². The molecule has 0 radical (unpaired) electrons. The van der Waals surface area contributed by atoms with Gasteiger partial charge in [0.2, 0.25) is 0 Å². The standard InChI is InChI=1S/C16H30N4O2.HI/c1-5-20(6-2)14(15-9-8-11-22-15)13-19-16(17-4)18-10-12-21-7-3;/h8-9,11,14H,5-7,10,12-13H2,1-4H3,(H2,17,18,19);1H. The van der Waals surface area contributed by atoms with Crippen LogP contribution < -0.4 is 10.6 Å². The predicted octanol–water partition coefficient (Wildman–Crippen LogP) is 2.48. The van der Waals surface area contributed by atoms with Gasteiger partial charge < -0.3 is 19.8 Å². The van der Waals surface area contributed by atoms with Crippen molar-refractivity contribution in [2.24, 2.45) is 4.99 Å². The summed E-state index contributed by atoms with van der Waals surface area (Å²) >= 11 is 0. The lowest BCUT2D eigenvalue weighted by molar-refractivity contribution is 0.152. The van der Waals surface area contributed by atoms with Crippen LogP contribution in [0.4, 0.5) is 0 Å². The molecule has 1 rings (SSSR count). The largest absolute Gasteiger partial charge is 0.468 e. The number of nitrogens with zero attached hydrogens (tertiary/aromatic N) is 2. The molecule has 0 aliphatic carbocycles. The van der Waals surface area contributed by atoms with E-state index in [-0.39, 0.29) is 30.0 Å². The molecule has 0 spiro atoms. The Morgan fingerprint density at radius 1 is 1.30 bits per heavy atom. The van der Waals surface area contributed by atoms with Crippen molar-refractivity contribution in [2.45, 2.75) is 26.8 Å². The number of aliphatic imine (C=N–C) groups is 1. The Hall–Kier alpha value is -0.800. The lowest BCUT2D eigenvalue weighted by atomic mass is 10.2. The average Bonchev–Trinajstić information content (AvgIpc) is 3.07. The predicted molar refractivity (Wildman–Crippen MR) is 106 cm³/mol. The highest BCUT2D eigenvalue weighted by atomic mass is 127. The van der Waals surface area contributed by atoms with E-state index < -0.39 is 0 Å². The summed E-state index contributed by atoms with van der Waals surface area (Å²) in [5.74, 6) is 1.75. The van der Waals surface area contributed by atoms with E-state index in [1.165, 1.54) is 0 Å². The zero-order valence-corrected chi connectivity index (χ0v) is 17.0. The van der Waals surface area contributed by atoms with E-state index in [9.17, 15) is 0 Å². The van der Waals surface area contributed by atoms with Crippen LogP contribution in [-0.4, -0.2) is 57.3 Å². The molecule has 1 atom stereocenters. The first-order chi connectivity index (χ1) is 10.8. The zero-order chi connectivity index (χ0) is 16.2. The summed E-state index contributed by atoms with van der Waals surface area (Å²) in [4.78, 5) is 6.60. The van der Waals surface area contributed by atoms with E-state index >= 15 is 0 Å². The van der Waals surface area contributed by atoms with Crippen molar-refractivity contribution < 1.29 is 9.15 Å². The van der Waals surface area contributed by atoms with E-state index in [4.69, 9.17) is 9.15 Å². The third kappa shape index (κ3) is 8.03. The first kappa shape index (κ1) is 22.2. The smallest absolute Gasteiger partial charge is 0.191 e. The quantitative estimate of drug-likeness (QED) is 0.255. The topological polar surface area (TPSA) is 62.0 Å². The molecule has 0 saturated heterocycles. The number of halogens is 1. The monoisotopic (exact) mass is 438 g/mol. The first-order valence-electron chi connectivity index (χ1n) is 8.06. The van der Waals surface area contributed by atoms with E-state index in [0.717, 1.165) is 44.5 Å². The fourth-order valence-corrected chi connectivity index (χ4v) is 2.35. The molecule has 1 heterocycles. The van der Waals surface area contributed by atoms with Gasteiger partial charge in [0, 0.05) is 26.7 Å². The van der Waals surface area contributed by atoms with Crippen molar-refractivity contribution in [1.29, 1.82) is 0 Å². The summed E-state index contributed by atoms with van der Waals surface area (Å²) < 4.78 is 10.9. The number of rotatable bonds is 10. The van der Waals surface area contributed by atoms with Crippen LogP contribution in [-0.2, 0) is 4.74 Å². The van der Waals surface area contributed by atoms with E-state index in [1.807, 2.05) is 19.1 Å². The maximum atomic E-state index is 5.60. The molecular weight excluding hydrogens is 407 g/mol. The molecule has 1 unspecified atom stereocenters. The van der Waals surface area contributed by atoms with Gasteiger partial charge in [-0.15, -0.1) is 24.0 Å². The van der Waals surface area contributed by atoms with Gasteiger partial charge in [-0.3, -0.25) is 9.89 Å². The van der Waals surface area contributed by atoms with Crippen LogP contribution in [0.25, 0.3) is 0 Å². The Balaban J connectivity index is 0.00000484. The van der Waals surface area contributed by atoms with Crippen molar-refractivity contribution >= 4 is 29.9 Å². The van der Waals surface area contributed by atoms with Gasteiger partial charge in [0.1, 0.15) is 5.76 Å². The molecule has 0 saturated carbocycles. The molecule has 7 heteroatoms. The highest BCUT2D eigenvalue weighted by molar-refractivity contribution is 14.0. The summed E-state index contributed by atoms with van der Waals surface area (Å²) in [6.07, 6.45) is 1.72. The Morgan fingerprint density at radius 2 is 2.04 bits per heavy atom. The summed E-state index contributed by atoms with van der Waals surface area (Å²) in [7, 11) is 1.77. The molecule has 0 aliphatic rings. The highest BCUT2D eigenvalue weighted by Crippen LogP contribution is 2.20. The van der Waals surface area contributed by atoms with Gasteiger partial charge in [-0.05, 0) is 32.1 Å². The third-order valence-corrected chi connectivity index (χ3v) is 3.55. The Bertz CT molecular complexity index is 408. The molecule has 1 aromatic rings. The summed E-state index contributed by atoms with van der Waals surface area (Å²) in [6.45, 7) is 11.1. The minimum Gasteiger partial charge on any atom is -0.468 e. The average molecular weight is 438 g/mol. The van der Waals surface area contributed by atoms with Crippen molar-refractivity contribution in [2.75, 3.05) is 46.4 Å². The molecule has 1 aromatic heterocycles. The number of likely N-dealkylation sites (N-methyl/N-ethyl adjacent to an activating group) is 1. The zero-order valence-electron chi connectivity index (χ0n) is 14.7.